The fourth-order valence-electron chi connectivity index (χ4n) is 2.82. The van der Waals surface area contributed by atoms with Gasteiger partial charge in [0.2, 0.25) is 0 Å². The second kappa shape index (κ2) is 8.23. The molecule has 0 radical (unpaired) electrons. The Morgan fingerprint density at radius 3 is 2.18 bits per heavy atom. The summed E-state index contributed by atoms with van der Waals surface area (Å²) in [5.74, 6) is 0. The van der Waals surface area contributed by atoms with Crippen LogP contribution in [0.1, 0.15) is 33.2 Å². The minimum atomic E-state index is -0.377. The summed E-state index contributed by atoms with van der Waals surface area (Å²) < 4.78 is 0. The lowest BCUT2D eigenvalue weighted by Gasteiger charge is -2.30. The predicted molar refractivity (Wildman–Crippen MR) is 93.1 cm³/mol. The van der Waals surface area contributed by atoms with Crippen LogP contribution in [0.4, 0.5) is 10.5 Å². The number of aryl methyl sites for hydroxylation is 1. The van der Waals surface area contributed by atoms with E-state index < -0.39 is 0 Å². The van der Waals surface area contributed by atoms with Gasteiger partial charge in [0, 0.05) is 11.7 Å². The molecule has 0 aliphatic carbocycles. The van der Waals surface area contributed by atoms with Crippen molar-refractivity contribution in [1.82, 2.24) is 0 Å². The van der Waals surface area contributed by atoms with Crippen LogP contribution in [0.3, 0.4) is 0 Å². The topological polar surface area (TPSA) is 46.3 Å². The van der Waals surface area contributed by atoms with Gasteiger partial charge in [-0.1, -0.05) is 61.9 Å². The molecule has 2 aromatic carbocycles. The van der Waals surface area contributed by atoms with Crippen molar-refractivity contribution in [3.63, 3.8) is 0 Å². The van der Waals surface area contributed by atoms with E-state index in [4.69, 9.17) is 5.73 Å². The summed E-state index contributed by atoms with van der Waals surface area (Å²) in [7, 11) is 0. The summed E-state index contributed by atoms with van der Waals surface area (Å²) in [5, 5.41) is 0. The van der Waals surface area contributed by atoms with Crippen LogP contribution in [0, 0.1) is 0 Å². The fourth-order valence-corrected chi connectivity index (χ4v) is 2.82. The van der Waals surface area contributed by atoms with Crippen LogP contribution in [-0.4, -0.2) is 12.1 Å². The Kier molecular flexibility index (Phi) is 6.01. The molecule has 116 valence electrons. The molecule has 22 heavy (non-hydrogen) atoms. The highest BCUT2D eigenvalue weighted by Crippen LogP contribution is 2.22. The van der Waals surface area contributed by atoms with Crippen molar-refractivity contribution < 1.29 is 6.22 Å². The molecule has 0 fully saturated rings. The minimum Gasteiger partial charge on any atom is -0.351 e. The van der Waals surface area contributed by atoms with E-state index in [0.29, 0.717) is 0 Å². The first-order valence-electron chi connectivity index (χ1n) is 7.90. The first-order chi connectivity index (χ1) is 10.7. The average molecular weight is 297 g/mol. The molecule has 0 aliphatic heterocycles. The molecule has 0 heterocycles. The fraction of sp³-hybridized carbons (Fsp3) is 0.316. The van der Waals surface area contributed by atoms with Crippen molar-refractivity contribution >= 4 is 11.7 Å². The Morgan fingerprint density at radius 1 is 1.05 bits per heavy atom. The Morgan fingerprint density at radius 2 is 1.64 bits per heavy atom. The number of nitrogens with two attached hydrogens (primary N) is 1. The number of urea groups is 1. The highest BCUT2D eigenvalue weighted by Gasteiger charge is 2.22. The molecule has 2 amide bonds. The molecule has 2 aromatic rings. The Hall–Kier alpha value is -2.29. The summed E-state index contributed by atoms with van der Waals surface area (Å²) in [6, 6.07) is 19.8. The van der Waals surface area contributed by atoms with Gasteiger partial charge in [-0.25, -0.2) is 4.79 Å². The Bertz CT molecular complexity index is 574. The number of nitrogens with zero attached hydrogens (tertiary/aromatic N) is 1. The van der Waals surface area contributed by atoms with Crippen molar-refractivity contribution in [2.24, 2.45) is 5.73 Å². The van der Waals surface area contributed by atoms with E-state index >= 15 is 0 Å². The van der Waals surface area contributed by atoms with Gasteiger partial charge < -0.3 is 5.73 Å². The SMILES string of the molecule is CCCC(CCc1ccccc1)N(C(N)=O)c1ccccc1.[H+]. The second-order valence-electron chi connectivity index (χ2n) is 5.51. The van der Waals surface area contributed by atoms with Crippen molar-refractivity contribution in [3.05, 3.63) is 66.2 Å². The maximum absolute atomic E-state index is 12.0. The monoisotopic (exact) mass is 297 g/mol. The van der Waals surface area contributed by atoms with Crippen LogP contribution in [0.15, 0.2) is 60.7 Å². The molecule has 0 saturated carbocycles. The normalized spacial score (nSPS) is 11.9. The number of para-hydroxylation sites is 1. The number of benzene rings is 2. The van der Waals surface area contributed by atoms with E-state index in [9.17, 15) is 4.79 Å². The standard InChI is InChI=1S/C19H24N2O/c1-2-9-17(15-14-16-10-5-3-6-11-16)21(19(20)22)18-12-7-4-8-13-18/h3-8,10-13,17H,2,9,14-15H2,1H3,(H2,20,22)/p+1. The van der Waals surface area contributed by atoms with Gasteiger partial charge in [-0.2, -0.15) is 0 Å². The van der Waals surface area contributed by atoms with E-state index in [2.05, 4.69) is 19.1 Å². The van der Waals surface area contributed by atoms with Crippen LogP contribution < -0.4 is 10.6 Å². The third kappa shape index (κ3) is 4.35. The van der Waals surface area contributed by atoms with E-state index in [1.54, 1.807) is 4.90 Å². The molecular formula is C19H25N2O+. The summed E-state index contributed by atoms with van der Waals surface area (Å²) in [4.78, 5) is 13.7. The Labute approximate surface area is 134 Å². The first kappa shape index (κ1) is 16.1. The van der Waals surface area contributed by atoms with Crippen LogP contribution in [0.5, 0.6) is 0 Å². The molecule has 3 nitrogen and oxygen atoms in total. The summed E-state index contributed by atoms with van der Waals surface area (Å²) >= 11 is 0. The second-order valence-corrected chi connectivity index (χ2v) is 5.51. The van der Waals surface area contributed by atoms with Gasteiger partial charge in [0.15, 0.2) is 0 Å². The quantitative estimate of drug-likeness (QED) is 0.804. The zero-order chi connectivity index (χ0) is 15.8. The molecule has 2 rings (SSSR count). The van der Waals surface area contributed by atoms with Crippen LogP contribution >= 0.6 is 0 Å². The molecule has 1 unspecified atom stereocenters. The highest BCUT2D eigenvalue weighted by atomic mass is 16.2. The van der Waals surface area contributed by atoms with E-state index in [0.717, 1.165) is 31.4 Å². The first-order valence-corrected chi connectivity index (χ1v) is 7.90. The summed E-state index contributed by atoms with van der Waals surface area (Å²) in [6.45, 7) is 2.14. The number of carbonyl (C=O) groups excluding carboxylic acids is 1. The maximum Gasteiger partial charge on any atom is 1.00 e. The zero-order valence-corrected chi connectivity index (χ0v) is 13.1. The lowest BCUT2D eigenvalue weighted by molar-refractivity contribution is 0.250. The van der Waals surface area contributed by atoms with Crippen LogP contribution in [-0.2, 0) is 6.42 Å². The van der Waals surface area contributed by atoms with Gasteiger partial charge >= 0.3 is 7.46 Å². The van der Waals surface area contributed by atoms with Gasteiger partial charge in [-0.15, -0.1) is 0 Å². The van der Waals surface area contributed by atoms with Crippen LogP contribution in [0.25, 0.3) is 0 Å². The van der Waals surface area contributed by atoms with Gasteiger partial charge in [0.05, 0.1) is 0 Å². The van der Waals surface area contributed by atoms with Gasteiger partial charge in [0.25, 0.3) is 0 Å². The minimum absolute atomic E-state index is 0. The zero-order valence-electron chi connectivity index (χ0n) is 14.1. The summed E-state index contributed by atoms with van der Waals surface area (Å²) in [5.41, 5.74) is 7.82. The number of amides is 2. The maximum atomic E-state index is 12.0. The molecule has 0 aromatic heterocycles. The third-order valence-electron chi connectivity index (χ3n) is 3.87. The summed E-state index contributed by atoms with van der Waals surface area (Å²) in [6.07, 6.45) is 3.83. The smallest absolute Gasteiger partial charge is 0.351 e. The van der Waals surface area contributed by atoms with E-state index in [1.807, 2.05) is 48.5 Å². The molecule has 0 saturated heterocycles. The van der Waals surface area contributed by atoms with Gasteiger partial charge in [-0.05, 0) is 37.0 Å². The number of hydrogen-bond acceptors (Lipinski definition) is 1. The van der Waals surface area contributed by atoms with E-state index in [-0.39, 0.29) is 13.5 Å². The lowest BCUT2D eigenvalue weighted by Crippen LogP contribution is -2.44. The molecule has 0 bridgehead atoms. The van der Waals surface area contributed by atoms with Gasteiger partial charge in [0.1, 0.15) is 0 Å². The average Bonchev–Trinajstić information content (AvgIpc) is 2.54. The largest absolute Gasteiger partial charge is 1.00 e. The number of rotatable bonds is 7. The highest BCUT2D eigenvalue weighted by molar-refractivity contribution is 5.91. The van der Waals surface area contributed by atoms with Crippen molar-refractivity contribution in [1.29, 1.82) is 0 Å². The predicted octanol–water partition coefficient (Wildman–Crippen LogP) is 4.49. The number of carbonyl (C=O) groups is 1. The number of anilines is 1. The lowest BCUT2D eigenvalue weighted by atomic mass is 10.00. The molecule has 2 N–H and O–H groups in total. The molecule has 0 aliphatic rings. The van der Waals surface area contributed by atoms with Gasteiger partial charge in [-0.3, -0.25) is 4.90 Å². The van der Waals surface area contributed by atoms with E-state index in [1.165, 1.54) is 5.56 Å². The van der Waals surface area contributed by atoms with Crippen LogP contribution in [0.2, 0.25) is 0 Å². The molecule has 3 heteroatoms. The number of primary amides is 1. The third-order valence-corrected chi connectivity index (χ3v) is 3.87. The van der Waals surface area contributed by atoms with Crippen molar-refractivity contribution in [3.8, 4) is 0 Å². The molecule has 0 spiro atoms. The van der Waals surface area contributed by atoms with Crippen molar-refractivity contribution in [2.75, 3.05) is 4.90 Å². The Balaban J connectivity index is 0.00000264. The molecule has 1 atom stereocenters. The molecular weight excluding hydrogens is 272 g/mol. The number of hydrogen-bond donors (Lipinski definition) is 1. The van der Waals surface area contributed by atoms with Crippen molar-refractivity contribution in [2.45, 2.75) is 38.6 Å².